The molecule has 214 valence electrons. The van der Waals surface area contributed by atoms with Crippen LogP contribution in [0.5, 0.6) is 0 Å². The van der Waals surface area contributed by atoms with Gasteiger partial charge in [0.2, 0.25) is 0 Å². The molecule has 1 saturated heterocycles. The first-order chi connectivity index (χ1) is 18.8. The third-order valence-corrected chi connectivity index (χ3v) is 7.19. The zero-order valence-corrected chi connectivity index (χ0v) is 24.8. The predicted molar refractivity (Wildman–Crippen MR) is 154 cm³/mol. The fourth-order valence-corrected chi connectivity index (χ4v) is 5.17. The van der Waals surface area contributed by atoms with Crippen LogP contribution in [0.2, 0.25) is 5.15 Å². The Morgan fingerprint density at radius 2 is 1.82 bits per heavy atom. The van der Waals surface area contributed by atoms with E-state index in [-0.39, 0.29) is 34.5 Å². The molecule has 4 rings (SSSR count). The lowest BCUT2D eigenvalue weighted by molar-refractivity contribution is 0.0202. The second-order valence-electron chi connectivity index (χ2n) is 11.2. The van der Waals surface area contributed by atoms with E-state index >= 15 is 0 Å². The molecule has 0 unspecified atom stereocenters. The number of aromatic nitrogens is 3. The summed E-state index contributed by atoms with van der Waals surface area (Å²) in [6.07, 6.45) is 1.00. The number of hydrogen-bond acceptors (Lipinski definition) is 8. The van der Waals surface area contributed by atoms with Gasteiger partial charge in [-0.05, 0) is 71.2 Å². The van der Waals surface area contributed by atoms with Crippen molar-refractivity contribution in [3.63, 3.8) is 0 Å². The highest BCUT2D eigenvalue weighted by Gasteiger charge is 2.30. The van der Waals surface area contributed by atoms with Crippen LogP contribution < -0.4 is 10.9 Å². The van der Waals surface area contributed by atoms with Crippen LogP contribution in [0.15, 0.2) is 29.1 Å². The number of carbonyl (C=O) groups excluding carboxylic acids is 2. The van der Waals surface area contributed by atoms with Crippen LogP contribution >= 0.6 is 11.6 Å². The Morgan fingerprint density at radius 1 is 1.15 bits per heavy atom. The first-order valence-electron chi connectivity index (χ1n) is 13.3. The molecule has 0 spiro atoms. The summed E-state index contributed by atoms with van der Waals surface area (Å²) >= 11 is 6.03. The van der Waals surface area contributed by atoms with Gasteiger partial charge in [0.15, 0.2) is 5.69 Å². The standard InChI is InChI=1S/C29H36ClN5O5/c1-16-14-19(17(2)31-21-8-9-22(30)32-24(21)27(37)39-7)23-20(15-16)26(36)34(6)25(33-23)18-10-12-35(13-11-18)28(38)40-29(3,4)5/h8-9,14-15,17-18,31H,10-13H2,1-7H3/t17-/m1/s1. The van der Waals surface area contributed by atoms with E-state index in [1.165, 1.54) is 7.11 Å². The minimum Gasteiger partial charge on any atom is -0.464 e. The summed E-state index contributed by atoms with van der Waals surface area (Å²) in [5, 5.41) is 4.02. The monoisotopic (exact) mass is 569 g/mol. The van der Waals surface area contributed by atoms with E-state index in [1.807, 2.05) is 46.8 Å². The highest BCUT2D eigenvalue weighted by Crippen LogP contribution is 2.31. The molecule has 1 aromatic carbocycles. The summed E-state index contributed by atoms with van der Waals surface area (Å²) in [5.74, 6) is 0.0740. The number of methoxy groups -OCH3 is 1. The van der Waals surface area contributed by atoms with Crippen LogP contribution in [0.4, 0.5) is 10.5 Å². The molecular formula is C29H36ClN5O5. The van der Waals surface area contributed by atoms with Crippen LogP contribution in [-0.4, -0.2) is 57.3 Å². The molecule has 1 fully saturated rings. The third-order valence-electron chi connectivity index (χ3n) is 6.98. The van der Waals surface area contributed by atoms with E-state index in [0.29, 0.717) is 48.3 Å². The van der Waals surface area contributed by atoms with Gasteiger partial charge in [-0.15, -0.1) is 0 Å². The van der Waals surface area contributed by atoms with Gasteiger partial charge in [0.25, 0.3) is 5.56 Å². The number of pyridine rings is 1. The van der Waals surface area contributed by atoms with Gasteiger partial charge in [0.1, 0.15) is 16.6 Å². The molecule has 1 N–H and O–H groups in total. The summed E-state index contributed by atoms with van der Waals surface area (Å²) < 4.78 is 12.0. The molecule has 3 aromatic rings. The largest absolute Gasteiger partial charge is 0.464 e. The molecular weight excluding hydrogens is 534 g/mol. The average molecular weight is 570 g/mol. The van der Waals surface area contributed by atoms with E-state index in [4.69, 9.17) is 26.1 Å². The maximum Gasteiger partial charge on any atom is 0.410 e. The van der Waals surface area contributed by atoms with Gasteiger partial charge in [0.05, 0.1) is 29.7 Å². The molecule has 0 bridgehead atoms. The number of nitrogens with zero attached hydrogens (tertiary/aromatic N) is 4. The Labute approximate surface area is 238 Å². The Morgan fingerprint density at radius 3 is 2.45 bits per heavy atom. The third kappa shape index (κ3) is 6.22. The lowest BCUT2D eigenvalue weighted by Crippen LogP contribution is -2.42. The highest BCUT2D eigenvalue weighted by molar-refractivity contribution is 6.29. The molecule has 10 nitrogen and oxygen atoms in total. The van der Waals surface area contributed by atoms with Gasteiger partial charge in [0, 0.05) is 31.6 Å². The van der Waals surface area contributed by atoms with Crippen LogP contribution in [0.3, 0.4) is 0 Å². The van der Waals surface area contributed by atoms with Gasteiger partial charge in [-0.1, -0.05) is 17.7 Å². The van der Waals surface area contributed by atoms with Crippen molar-refractivity contribution in [2.24, 2.45) is 7.05 Å². The fraction of sp³-hybridized carbons (Fsp3) is 0.483. The highest BCUT2D eigenvalue weighted by atomic mass is 35.5. The van der Waals surface area contributed by atoms with Crippen LogP contribution in [0.1, 0.15) is 79.9 Å². The number of aryl methyl sites for hydroxylation is 1. The zero-order valence-electron chi connectivity index (χ0n) is 24.0. The molecule has 0 saturated carbocycles. The Bertz CT molecular complexity index is 1510. The maximum atomic E-state index is 13.6. The first kappa shape index (κ1) is 29.3. The molecule has 1 amide bonds. The predicted octanol–water partition coefficient (Wildman–Crippen LogP) is 5.36. The lowest BCUT2D eigenvalue weighted by Gasteiger charge is -2.33. The summed E-state index contributed by atoms with van der Waals surface area (Å²) in [7, 11) is 3.03. The number of nitrogens with one attached hydrogen (secondary N) is 1. The van der Waals surface area contributed by atoms with Crippen molar-refractivity contribution in [3.05, 3.63) is 62.4 Å². The minimum absolute atomic E-state index is 0.00426. The van der Waals surface area contributed by atoms with Gasteiger partial charge in [-0.25, -0.2) is 19.6 Å². The van der Waals surface area contributed by atoms with Crippen LogP contribution in [-0.2, 0) is 16.5 Å². The van der Waals surface area contributed by atoms with Gasteiger partial charge < -0.3 is 19.7 Å². The quantitative estimate of drug-likeness (QED) is 0.322. The number of piperidine rings is 1. The maximum absolute atomic E-state index is 13.6. The molecule has 1 aliphatic heterocycles. The number of amides is 1. The van der Waals surface area contributed by atoms with Crippen LogP contribution in [0.25, 0.3) is 10.9 Å². The van der Waals surface area contributed by atoms with E-state index in [0.717, 1.165) is 11.1 Å². The number of hydrogen-bond donors (Lipinski definition) is 1. The summed E-state index contributed by atoms with van der Waals surface area (Å²) in [6, 6.07) is 6.76. The fourth-order valence-electron chi connectivity index (χ4n) is 5.03. The second-order valence-corrected chi connectivity index (χ2v) is 11.6. The normalized spacial score (nSPS) is 15.2. The second kappa shape index (κ2) is 11.4. The number of carbonyl (C=O) groups is 2. The molecule has 2 aromatic heterocycles. The Balaban J connectivity index is 1.68. The Hall–Kier alpha value is -3.66. The number of anilines is 1. The van der Waals surface area contributed by atoms with Crippen molar-refractivity contribution in [1.29, 1.82) is 0 Å². The molecule has 11 heteroatoms. The molecule has 3 heterocycles. The molecule has 1 atom stereocenters. The van der Waals surface area contributed by atoms with E-state index in [2.05, 4.69) is 10.3 Å². The van der Waals surface area contributed by atoms with E-state index in [9.17, 15) is 14.4 Å². The van der Waals surface area contributed by atoms with Crippen molar-refractivity contribution in [2.75, 3.05) is 25.5 Å². The van der Waals surface area contributed by atoms with Crippen molar-refractivity contribution >= 4 is 40.3 Å². The van der Waals surface area contributed by atoms with Gasteiger partial charge in [-0.2, -0.15) is 0 Å². The zero-order chi connectivity index (χ0) is 29.4. The van der Waals surface area contributed by atoms with Crippen molar-refractivity contribution in [1.82, 2.24) is 19.4 Å². The SMILES string of the molecule is COC(=O)c1nc(Cl)ccc1N[C@H](C)c1cc(C)cc2c(=O)n(C)c(C3CCN(C(=O)OC(C)(C)C)CC3)nc12. The summed E-state index contributed by atoms with van der Waals surface area (Å²) in [6.45, 7) is 10.4. The number of fused-ring (bicyclic) bond motifs is 1. The topological polar surface area (TPSA) is 116 Å². The summed E-state index contributed by atoms with van der Waals surface area (Å²) in [4.78, 5) is 49.3. The smallest absolute Gasteiger partial charge is 0.410 e. The van der Waals surface area contributed by atoms with Crippen molar-refractivity contribution < 1.29 is 19.1 Å². The van der Waals surface area contributed by atoms with E-state index < -0.39 is 11.6 Å². The number of ether oxygens (including phenoxy) is 2. The number of halogens is 1. The Kier molecular flexibility index (Phi) is 8.39. The number of likely N-dealkylation sites (tertiary alicyclic amines) is 1. The summed E-state index contributed by atoms with van der Waals surface area (Å²) in [5.41, 5.74) is 2.16. The first-order valence-corrected chi connectivity index (χ1v) is 13.7. The van der Waals surface area contributed by atoms with Crippen molar-refractivity contribution in [3.8, 4) is 0 Å². The molecule has 0 radical (unpaired) electrons. The minimum atomic E-state index is -0.613. The lowest BCUT2D eigenvalue weighted by atomic mass is 9.95. The van der Waals surface area contributed by atoms with Crippen molar-refractivity contribution in [2.45, 2.75) is 65.0 Å². The van der Waals surface area contributed by atoms with Crippen LogP contribution in [0, 0.1) is 6.92 Å². The van der Waals surface area contributed by atoms with Gasteiger partial charge >= 0.3 is 12.1 Å². The van der Waals surface area contributed by atoms with E-state index in [1.54, 1.807) is 28.6 Å². The number of esters is 1. The van der Waals surface area contributed by atoms with Gasteiger partial charge in [-0.3, -0.25) is 9.36 Å². The average Bonchev–Trinajstić information content (AvgIpc) is 2.90. The number of rotatable bonds is 5. The number of benzene rings is 1. The molecule has 0 aliphatic carbocycles. The molecule has 1 aliphatic rings. The molecule has 40 heavy (non-hydrogen) atoms.